The molecule has 0 fully saturated rings. The molecule has 0 aromatic rings. The molecule has 0 aliphatic heterocycles. The summed E-state index contributed by atoms with van der Waals surface area (Å²) in [5, 5.41) is 0. The van der Waals surface area contributed by atoms with Crippen LogP contribution in [0.15, 0.2) is 0 Å². The number of Topliss-reactive ketones (excluding diaryl/α,β-unsaturated/α-hetero) is 1. The molecular weight excluding hydrogens is 142 g/mol. The second-order valence-electron chi connectivity index (χ2n) is 3.00. The molecule has 1 unspecified atom stereocenters. The first kappa shape index (κ1) is 10.1. The lowest BCUT2D eigenvalue weighted by Crippen LogP contribution is -2.25. The summed E-state index contributed by atoms with van der Waals surface area (Å²) in [6.45, 7) is 3.28. The van der Waals surface area contributed by atoms with E-state index in [0.717, 1.165) is 0 Å². The maximum absolute atomic E-state index is 11.0. The van der Waals surface area contributed by atoms with Crippen LogP contribution < -0.4 is 0 Å². The summed E-state index contributed by atoms with van der Waals surface area (Å²) in [5.74, 6) is -0.0715. The molecule has 0 heterocycles. The van der Waals surface area contributed by atoms with Crippen LogP contribution in [0.5, 0.6) is 0 Å². The van der Waals surface area contributed by atoms with Crippen molar-refractivity contribution in [3.63, 3.8) is 0 Å². The lowest BCUT2D eigenvalue weighted by molar-refractivity contribution is -0.132. The smallest absolute Gasteiger partial charge is 0.222 e. The molecule has 0 aromatic carbocycles. The van der Waals surface area contributed by atoms with Crippen molar-refractivity contribution < 1.29 is 9.59 Å². The summed E-state index contributed by atoms with van der Waals surface area (Å²) >= 11 is 0. The molecule has 0 aliphatic rings. The standard InChI is InChI=1S/C8H15NO2/c1-6(7(2)10)5-8(11)9(3)4/h6H,5H2,1-4H3. The van der Waals surface area contributed by atoms with Gasteiger partial charge in [-0.05, 0) is 6.92 Å². The van der Waals surface area contributed by atoms with Crippen LogP contribution in [0.4, 0.5) is 0 Å². The highest BCUT2D eigenvalue weighted by Gasteiger charge is 2.13. The van der Waals surface area contributed by atoms with E-state index < -0.39 is 0 Å². The summed E-state index contributed by atoms with van der Waals surface area (Å²) in [6.07, 6.45) is 0.322. The first-order valence-corrected chi connectivity index (χ1v) is 3.65. The molecule has 3 heteroatoms. The Labute approximate surface area is 67.4 Å². The molecule has 0 aliphatic carbocycles. The minimum Gasteiger partial charge on any atom is -0.349 e. The highest BCUT2D eigenvalue weighted by molar-refractivity contribution is 5.85. The third kappa shape index (κ3) is 3.75. The van der Waals surface area contributed by atoms with Gasteiger partial charge in [0.2, 0.25) is 5.91 Å². The maximum atomic E-state index is 11.0. The van der Waals surface area contributed by atoms with E-state index in [2.05, 4.69) is 0 Å². The maximum Gasteiger partial charge on any atom is 0.222 e. The average Bonchev–Trinajstić information content (AvgIpc) is 1.87. The Bertz CT molecular complexity index is 163. The second-order valence-corrected chi connectivity index (χ2v) is 3.00. The van der Waals surface area contributed by atoms with Crippen LogP contribution in [0.25, 0.3) is 0 Å². The highest BCUT2D eigenvalue weighted by atomic mass is 16.2. The lowest BCUT2D eigenvalue weighted by atomic mass is 10.0. The van der Waals surface area contributed by atoms with Gasteiger partial charge in [-0.2, -0.15) is 0 Å². The van der Waals surface area contributed by atoms with Crippen LogP contribution in [0, 0.1) is 5.92 Å². The number of amides is 1. The Hall–Kier alpha value is -0.860. The van der Waals surface area contributed by atoms with Crippen molar-refractivity contribution in [1.82, 2.24) is 4.90 Å². The first-order chi connectivity index (χ1) is 4.95. The van der Waals surface area contributed by atoms with Crippen molar-refractivity contribution in [2.75, 3.05) is 14.1 Å². The van der Waals surface area contributed by atoms with E-state index >= 15 is 0 Å². The van der Waals surface area contributed by atoms with Crippen LogP contribution >= 0.6 is 0 Å². The van der Waals surface area contributed by atoms with Gasteiger partial charge in [0.25, 0.3) is 0 Å². The molecule has 11 heavy (non-hydrogen) atoms. The van der Waals surface area contributed by atoms with Crippen LogP contribution in [-0.4, -0.2) is 30.7 Å². The molecule has 0 N–H and O–H groups in total. The van der Waals surface area contributed by atoms with Crippen LogP contribution in [-0.2, 0) is 9.59 Å². The largest absolute Gasteiger partial charge is 0.349 e. The van der Waals surface area contributed by atoms with Gasteiger partial charge in [0.1, 0.15) is 5.78 Å². The summed E-state index contributed by atoms with van der Waals surface area (Å²) in [7, 11) is 3.38. The van der Waals surface area contributed by atoms with Gasteiger partial charge in [-0.25, -0.2) is 0 Å². The van der Waals surface area contributed by atoms with Crippen LogP contribution in [0.3, 0.4) is 0 Å². The number of carbonyl (C=O) groups excluding carboxylic acids is 2. The van der Waals surface area contributed by atoms with Gasteiger partial charge in [0.05, 0.1) is 0 Å². The summed E-state index contributed by atoms with van der Waals surface area (Å²) in [4.78, 5) is 23.3. The van der Waals surface area contributed by atoms with Gasteiger partial charge >= 0.3 is 0 Å². The summed E-state index contributed by atoms with van der Waals surface area (Å²) in [6, 6.07) is 0. The van der Waals surface area contributed by atoms with Crippen molar-refractivity contribution in [1.29, 1.82) is 0 Å². The molecule has 1 amide bonds. The third-order valence-electron chi connectivity index (χ3n) is 1.67. The minimum absolute atomic E-state index is 0.00713. The van der Waals surface area contributed by atoms with E-state index in [9.17, 15) is 9.59 Å². The van der Waals surface area contributed by atoms with E-state index in [1.807, 2.05) is 0 Å². The molecule has 3 nitrogen and oxygen atoms in total. The van der Waals surface area contributed by atoms with Crippen molar-refractivity contribution in [3.8, 4) is 0 Å². The predicted octanol–water partition coefficient (Wildman–Crippen LogP) is 0.690. The Balaban J connectivity index is 3.85. The zero-order valence-corrected chi connectivity index (χ0v) is 7.55. The van der Waals surface area contributed by atoms with E-state index in [-0.39, 0.29) is 17.6 Å². The Morgan fingerprint density at radius 2 is 1.82 bits per heavy atom. The minimum atomic E-state index is -0.148. The van der Waals surface area contributed by atoms with E-state index in [0.29, 0.717) is 6.42 Å². The van der Waals surface area contributed by atoms with Gasteiger partial charge in [-0.1, -0.05) is 6.92 Å². The quantitative estimate of drug-likeness (QED) is 0.604. The van der Waals surface area contributed by atoms with Crippen molar-refractivity contribution in [2.45, 2.75) is 20.3 Å². The molecule has 0 aromatic heterocycles. The SMILES string of the molecule is CC(=O)C(C)CC(=O)N(C)C. The fourth-order valence-corrected chi connectivity index (χ4v) is 0.588. The molecule has 64 valence electrons. The van der Waals surface area contributed by atoms with Crippen LogP contribution in [0.1, 0.15) is 20.3 Å². The molecule has 0 rings (SSSR count). The zero-order valence-electron chi connectivity index (χ0n) is 7.55. The van der Waals surface area contributed by atoms with Crippen molar-refractivity contribution in [3.05, 3.63) is 0 Å². The van der Waals surface area contributed by atoms with Gasteiger partial charge in [-0.15, -0.1) is 0 Å². The van der Waals surface area contributed by atoms with E-state index in [4.69, 9.17) is 0 Å². The zero-order chi connectivity index (χ0) is 9.02. The number of hydrogen-bond donors (Lipinski definition) is 0. The van der Waals surface area contributed by atoms with E-state index in [1.54, 1.807) is 21.0 Å². The molecule has 1 atom stereocenters. The third-order valence-corrected chi connectivity index (χ3v) is 1.67. The number of ketones is 1. The van der Waals surface area contributed by atoms with Gasteiger partial charge in [0, 0.05) is 26.4 Å². The van der Waals surface area contributed by atoms with Gasteiger partial charge in [0.15, 0.2) is 0 Å². The van der Waals surface area contributed by atoms with Crippen LogP contribution in [0.2, 0.25) is 0 Å². The average molecular weight is 157 g/mol. The number of nitrogens with zero attached hydrogens (tertiary/aromatic N) is 1. The Morgan fingerprint density at radius 1 is 1.36 bits per heavy atom. The van der Waals surface area contributed by atoms with Gasteiger partial charge in [-0.3, -0.25) is 9.59 Å². The summed E-state index contributed by atoms with van der Waals surface area (Å²) in [5.41, 5.74) is 0. The lowest BCUT2D eigenvalue weighted by Gasteiger charge is -2.12. The van der Waals surface area contributed by atoms with Crippen molar-refractivity contribution in [2.24, 2.45) is 5.92 Å². The monoisotopic (exact) mass is 157 g/mol. The number of hydrogen-bond acceptors (Lipinski definition) is 2. The first-order valence-electron chi connectivity index (χ1n) is 3.65. The Kier molecular flexibility index (Phi) is 3.79. The molecular formula is C8H15NO2. The predicted molar refractivity (Wildman–Crippen MR) is 43.2 cm³/mol. The molecule has 0 saturated heterocycles. The second kappa shape index (κ2) is 4.11. The van der Waals surface area contributed by atoms with Crippen molar-refractivity contribution >= 4 is 11.7 Å². The Morgan fingerprint density at radius 3 is 2.09 bits per heavy atom. The van der Waals surface area contributed by atoms with Gasteiger partial charge < -0.3 is 4.90 Å². The fraction of sp³-hybridized carbons (Fsp3) is 0.750. The molecule has 0 bridgehead atoms. The number of carbonyl (C=O) groups is 2. The molecule has 0 saturated carbocycles. The topological polar surface area (TPSA) is 37.4 Å². The molecule has 0 spiro atoms. The molecule has 0 radical (unpaired) electrons. The summed E-state index contributed by atoms with van der Waals surface area (Å²) < 4.78 is 0. The van der Waals surface area contributed by atoms with E-state index in [1.165, 1.54) is 11.8 Å². The highest BCUT2D eigenvalue weighted by Crippen LogP contribution is 2.04. The normalized spacial score (nSPS) is 12.4. The number of rotatable bonds is 3. The fourth-order valence-electron chi connectivity index (χ4n) is 0.588.